The molecule has 0 bridgehead atoms. The van der Waals surface area contributed by atoms with Crippen LogP contribution in [0.1, 0.15) is 37.0 Å². The average molecular weight is 330 g/mol. The van der Waals surface area contributed by atoms with Crippen LogP contribution in [0.5, 0.6) is 0 Å². The highest BCUT2D eigenvalue weighted by molar-refractivity contribution is 7.89. The molecular formula is C14H22N2O3S2. The minimum absolute atomic E-state index is 0.0168. The molecule has 1 atom stereocenters. The van der Waals surface area contributed by atoms with Gasteiger partial charge in [-0.3, -0.25) is 0 Å². The highest BCUT2D eigenvalue weighted by Crippen LogP contribution is 2.23. The predicted octanol–water partition coefficient (Wildman–Crippen LogP) is 1.85. The third-order valence-corrected chi connectivity index (χ3v) is 6.35. The minimum Gasteiger partial charge on any atom is -0.377 e. The number of nitrogens with one attached hydrogen (secondary N) is 2. The number of hydrogen-bond donors (Lipinski definition) is 2. The average Bonchev–Trinajstić information content (AvgIpc) is 3.20. The summed E-state index contributed by atoms with van der Waals surface area (Å²) in [5.41, 5.74) is 0. The van der Waals surface area contributed by atoms with Crippen molar-refractivity contribution in [3.63, 3.8) is 0 Å². The summed E-state index contributed by atoms with van der Waals surface area (Å²) in [4.78, 5) is 1.44. The van der Waals surface area contributed by atoms with E-state index in [9.17, 15) is 8.42 Å². The first-order valence-electron chi connectivity index (χ1n) is 7.55. The molecule has 0 aromatic carbocycles. The van der Waals surface area contributed by atoms with E-state index in [2.05, 4.69) is 10.0 Å². The summed E-state index contributed by atoms with van der Waals surface area (Å²) < 4.78 is 32.7. The maximum absolute atomic E-state index is 12.3. The van der Waals surface area contributed by atoms with E-state index in [0.29, 0.717) is 17.5 Å². The van der Waals surface area contributed by atoms with Gasteiger partial charge in [-0.1, -0.05) is 0 Å². The maximum atomic E-state index is 12.3. The molecule has 1 aromatic heterocycles. The molecule has 2 aliphatic rings. The Hall–Kier alpha value is -0.470. The molecule has 1 aliphatic heterocycles. The summed E-state index contributed by atoms with van der Waals surface area (Å²) in [6, 6.07) is 2.40. The smallest absolute Gasteiger partial charge is 0.241 e. The predicted molar refractivity (Wildman–Crippen MR) is 83.0 cm³/mol. The van der Waals surface area contributed by atoms with Crippen LogP contribution in [0.2, 0.25) is 0 Å². The first-order valence-corrected chi connectivity index (χ1v) is 9.92. The number of thiophene rings is 1. The van der Waals surface area contributed by atoms with Gasteiger partial charge in [0.2, 0.25) is 10.0 Å². The van der Waals surface area contributed by atoms with Gasteiger partial charge in [-0.15, -0.1) is 11.3 Å². The van der Waals surface area contributed by atoms with E-state index in [1.807, 2.05) is 0 Å². The van der Waals surface area contributed by atoms with Crippen LogP contribution in [-0.4, -0.2) is 33.7 Å². The molecule has 118 valence electrons. The van der Waals surface area contributed by atoms with Gasteiger partial charge in [0, 0.05) is 36.0 Å². The quantitative estimate of drug-likeness (QED) is 0.801. The second-order valence-electron chi connectivity index (χ2n) is 5.74. The van der Waals surface area contributed by atoms with Crippen molar-refractivity contribution in [2.45, 2.75) is 55.7 Å². The molecule has 2 fully saturated rings. The first-order chi connectivity index (χ1) is 10.1. The number of sulfonamides is 1. The molecule has 1 unspecified atom stereocenters. The van der Waals surface area contributed by atoms with Crippen molar-refractivity contribution in [1.82, 2.24) is 10.0 Å². The topological polar surface area (TPSA) is 67.4 Å². The Bertz CT molecular complexity index is 561. The maximum Gasteiger partial charge on any atom is 0.241 e. The summed E-state index contributed by atoms with van der Waals surface area (Å²) in [5, 5.41) is 5.11. The molecule has 1 saturated carbocycles. The molecule has 21 heavy (non-hydrogen) atoms. The van der Waals surface area contributed by atoms with Crippen molar-refractivity contribution in [2.24, 2.45) is 0 Å². The van der Waals surface area contributed by atoms with Crippen LogP contribution >= 0.6 is 11.3 Å². The number of ether oxygens (including phenoxy) is 1. The SMILES string of the molecule is O=S(=O)(NCC1CCCCO1)c1csc(CNC2CC2)c1. The van der Waals surface area contributed by atoms with Crippen LogP contribution in [0.25, 0.3) is 0 Å². The van der Waals surface area contributed by atoms with Gasteiger partial charge in [-0.05, 0) is 38.2 Å². The van der Waals surface area contributed by atoms with Crippen LogP contribution in [-0.2, 0) is 21.3 Å². The molecule has 7 heteroatoms. The Kier molecular flexibility index (Phi) is 4.96. The Balaban J connectivity index is 1.53. The van der Waals surface area contributed by atoms with E-state index in [1.54, 1.807) is 11.4 Å². The fraction of sp³-hybridized carbons (Fsp3) is 0.714. The van der Waals surface area contributed by atoms with Crippen molar-refractivity contribution in [3.8, 4) is 0 Å². The third kappa shape index (κ3) is 4.50. The van der Waals surface area contributed by atoms with Crippen LogP contribution in [0.4, 0.5) is 0 Å². The second kappa shape index (κ2) is 6.75. The molecule has 1 aliphatic carbocycles. The zero-order chi connectivity index (χ0) is 14.7. The van der Waals surface area contributed by atoms with E-state index in [0.717, 1.165) is 37.3 Å². The Labute approximate surface area is 130 Å². The van der Waals surface area contributed by atoms with Crippen LogP contribution in [0, 0.1) is 0 Å². The molecule has 1 aromatic rings. The molecule has 0 spiro atoms. The van der Waals surface area contributed by atoms with Gasteiger partial charge in [-0.2, -0.15) is 0 Å². The number of hydrogen-bond acceptors (Lipinski definition) is 5. The summed E-state index contributed by atoms with van der Waals surface area (Å²) in [6.45, 7) is 1.87. The zero-order valence-corrected chi connectivity index (χ0v) is 13.6. The summed E-state index contributed by atoms with van der Waals surface area (Å²) in [7, 11) is -3.41. The Morgan fingerprint density at radius 1 is 1.29 bits per heavy atom. The van der Waals surface area contributed by atoms with Crippen molar-refractivity contribution in [2.75, 3.05) is 13.2 Å². The minimum atomic E-state index is -3.41. The van der Waals surface area contributed by atoms with Gasteiger partial charge < -0.3 is 10.1 Å². The Morgan fingerprint density at radius 3 is 2.86 bits per heavy atom. The van der Waals surface area contributed by atoms with E-state index < -0.39 is 10.0 Å². The van der Waals surface area contributed by atoms with Crippen molar-refractivity contribution >= 4 is 21.4 Å². The molecular weight excluding hydrogens is 308 g/mol. The van der Waals surface area contributed by atoms with Gasteiger partial charge in [0.15, 0.2) is 0 Å². The van der Waals surface area contributed by atoms with E-state index in [1.165, 1.54) is 24.2 Å². The highest BCUT2D eigenvalue weighted by Gasteiger charge is 2.22. The molecule has 2 heterocycles. The fourth-order valence-electron chi connectivity index (χ4n) is 2.38. The van der Waals surface area contributed by atoms with Gasteiger partial charge in [0.05, 0.1) is 11.0 Å². The van der Waals surface area contributed by atoms with Crippen LogP contribution < -0.4 is 10.0 Å². The molecule has 5 nitrogen and oxygen atoms in total. The molecule has 2 N–H and O–H groups in total. The largest absolute Gasteiger partial charge is 0.377 e. The number of rotatable bonds is 7. The van der Waals surface area contributed by atoms with Crippen LogP contribution in [0.15, 0.2) is 16.3 Å². The van der Waals surface area contributed by atoms with Gasteiger partial charge in [0.25, 0.3) is 0 Å². The van der Waals surface area contributed by atoms with Crippen molar-refractivity contribution in [3.05, 3.63) is 16.3 Å². The van der Waals surface area contributed by atoms with Gasteiger partial charge in [0.1, 0.15) is 0 Å². The van der Waals surface area contributed by atoms with Crippen molar-refractivity contribution < 1.29 is 13.2 Å². The van der Waals surface area contributed by atoms with E-state index in [-0.39, 0.29) is 6.10 Å². The molecule has 1 saturated heterocycles. The molecule has 0 amide bonds. The van der Waals surface area contributed by atoms with Crippen molar-refractivity contribution in [1.29, 1.82) is 0 Å². The lowest BCUT2D eigenvalue weighted by atomic mass is 10.1. The highest BCUT2D eigenvalue weighted by atomic mass is 32.2. The summed E-state index contributed by atoms with van der Waals surface area (Å²) >= 11 is 1.49. The molecule has 3 rings (SSSR count). The van der Waals surface area contributed by atoms with Gasteiger partial charge in [-0.25, -0.2) is 13.1 Å². The first kappa shape index (κ1) is 15.4. The lowest BCUT2D eigenvalue weighted by Gasteiger charge is -2.22. The lowest BCUT2D eigenvalue weighted by molar-refractivity contribution is 0.0200. The summed E-state index contributed by atoms with van der Waals surface area (Å²) in [6.07, 6.45) is 5.61. The summed E-state index contributed by atoms with van der Waals surface area (Å²) in [5.74, 6) is 0. The molecule has 0 radical (unpaired) electrons. The standard InChI is InChI=1S/C14H22N2O3S2/c17-21(18,16-8-12-3-1-2-6-19-12)14-7-13(20-10-14)9-15-11-4-5-11/h7,10-12,15-16H,1-6,8-9H2. The van der Waals surface area contributed by atoms with Gasteiger partial charge >= 0.3 is 0 Å². The normalized spacial score (nSPS) is 23.3. The Morgan fingerprint density at radius 2 is 2.14 bits per heavy atom. The third-order valence-electron chi connectivity index (χ3n) is 3.86. The van der Waals surface area contributed by atoms with E-state index in [4.69, 9.17) is 4.74 Å². The monoisotopic (exact) mass is 330 g/mol. The fourth-order valence-corrected chi connectivity index (χ4v) is 4.67. The zero-order valence-electron chi connectivity index (χ0n) is 12.0. The second-order valence-corrected chi connectivity index (χ2v) is 8.51. The van der Waals surface area contributed by atoms with Crippen LogP contribution in [0.3, 0.4) is 0 Å². The lowest BCUT2D eigenvalue weighted by Crippen LogP contribution is -2.35. The van der Waals surface area contributed by atoms with E-state index >= 15 is 0 Å².